The number of fused-ring (bicyclic) bond motifs is 1. The molecule has 1 amide bonds. The largest absolute Gasteiger partial charge is 0.414 e. The van der Waals surface area contributed by atoms with Crippen LogP contribution in [-0.2, 0) is 0 Å². The number of nitro benzene ring substituents is 1. The summed E-state index contributed by atoms with van der Waals surface area (Å²) in [6.07, 6.45) is 0. The highest BCUT2D eigenvalue weighted by Crippen LogP contribution is 2.30. The number of carbonyl (C=O) groups is 1. The molecule has 2 aromatic carbocycles. The molecule has 120 valence electrons. The topological polar surface area (TPSA) is 102 Å². The highest BCUT2D eigenvalue weighted by atomic mass is 35.5. The quantitative estimate of drug-likeness (QED) is 0.444. The van der Waals surface area contributed by atoms with Gasteiger partial charge in [0, 0.05) is 22.0 Å². The van der Waals surface area contributed by atoms with Gasteiger partial charge in [-0.25, -0.2) is 4.79 Å². The Bertz CT molecular complexity index is 1010. The van der Waals surface area contributed by atoms with Gasteiger partial charge in [0.1, 0.15) is 5.69 Å². The molecule has 0 fully saturated rings. The third-order valence-corrected chi connectivity index (χ3v) is 3.48. The summed E-state index contributed by atoms with van der Waals surface area (Å²) in [7, 11) is 0. The normalized spacial score (nSPS) is 10.5. The van der Waals surface area contributed by atoms with Gasteiger partial charge in [-0.1, -0.05) is 29.8 Å². The van der Waals surface area contributed by atoms with Crippen molar-refractivity contribution in [2.45, 2.75) is 0 Å². The van der Waals surface area contributed by atoms with E-state index < -0.39 is 22.1 Å². The maximum Gasteiger partial charge on any atom is 0.360 e. The predicted octanol–water partition coefficient (Wildman–Crippen LogP) is 3.61. The summed E-state index contributed by atoms with van der Waals surface area (Å²) in [6.45, 7) is 0. The maximum absolute atomic E-state index is 12.1. The Morgan fingerprint density at radius 3 is 2.54 bits per heavy atom. The molecule has 0 saturated heterocycles. The van der Waals surface area contributed by atoms with E-state index in [1.165, 1.54) is 12.1 Å². The Balaban J connectivity index is 2.07. The van der Waals surface area contributed by atoms with Crippen molar-refractivity contribution >= 4 is 39.9 Å². The molecule has 3 rings (SSSR count). The number of halogens is 1. The average Bonchev–Trinajstić information content (AvgIpc) is 2.56. The number of benzene rings is 2. The molecule has 0 spiro atoms. The molecule has 0 aliphatic rings. The molecule has 0 unspecified atom stereocenters. The standard InChI is InChI=1S/C16H9ClN2O5/c17-11-6-10-7-12(18-15(20)9-4-2-1-3-5-9)16(21)24-14(10)13(8-11)19(22)23/h1-8H,(H,18,20). The molecule has 0 bridgehead atoms. The minimum Gasteiger partial charge on any atom is -0.414 e. The number of anilines is 1. The zero-order chi connectivity index (χ0) is 17.3. The number of hydrogen-bond donors (Lipinski definition) is 1. The molecule has 0 radical (unpaired) electrons. The zero-order valence-corrected chi connectivity index (χ0v) is 12.7. The third kappa shape index (κ3) is 2.97. The van der Waals surface area contributed by atoms with Crippen LogP contribution in [0.25, 0.3) is 11.0 Å². The minimum absolute atomic E-state index is 0.114. The fraction of sp³-hybridized carbons (Fsp3) is 0. The van der Waals surface area contributed by atoms with Crippen LogP contribution < -0.4 is 10.9 Å². The van der Waals surface area contributed by atoms with Gasteiger partial charge in [0.05, 0.1) is 4.92 Å². The van der Waals surface area contributed by atoms with Gasteiger partial charge in [-0.15, -0.1) is 0 Å². The Hall–Kier alpha value is -3.19. The Morgan fingerprint density at radius 2 is 1.88 bits per heavy atom. The second kappa shape index (κ2) is 6.13. The van der Waals surface area contributed by atoms with Crippen LogP contribution in [0, 0.1) is 10.1 Å². The van der Waals surface area contributed by atoms with Crippen molar-refractivity contribution in [1.29, 1.82) is 0 Å². The molecule has 1 aromatic heterocycles. The van der Waals surface area contributed by atoms with Gasteiger partial charge >= 0.3 is 11.3 Å². The lowest BCUT2D eigenvalue weighted by atomic mass is 10.2. The summed E-state index contributed by atoms with van der Waals surface area (Å²) < 4.78 is 5.01. The van der Waals surface area contributed by atoms with Crippen LogP contribution in [-0.4, -0.2) is 10.8 Å². The number of amides is 1. The minimum atomic E-state index is -0.891. The lowest BCUT2D eigenvalue weighted by Crippen LogP contribution is -2.17. The summed E-state index contributed by atoms with van der Waals surface area (Å²) in [5.41, 5.74) is -1.29. The lowest BCUT2D eigenvalue weighted by Gasteiger charge is -2.06. The van der Waals surface area contributed by atoms with Gasteiger partial charge in [-0.3, -0.25) is 14.9 Å². The first-order chi connectivity index (χ1) is 11.5. The molecular formula is C16H9ClN2O5. The van der Waals surface area contributed by atoms with Crippen LogP contribution in [0.1, 0.15) is 10.4 Å². The number of non-ortho nitro benzene ring substituents is 1. The second-order valence-corrected chi connectivity index (χ2v) is 5.30. The average molecular weight is 345 g/mol. The zero-order valence-electron chi connectivity index (χ0n) is 12.0. The summed E-state index contributed by atoms with van der Waals surface area (Å²) >= 11 is 5.85. The first kappa shape index (κ1) is 15.7. The molecule has 1 heterocycles. The molecule has 8 heteroatoms. The lowest BCUT2D eigenvalue weighted by molar-refractivity contribution is -0.383. The molecule has 0 atom stereocenters. The van der Waals surface area contributed by atoms with Crippen molar-refractivity contribution in [1.82, 2.24) is 0 Å². The van der Waals surface area contributed by atoms with E-state index in [-0.39, 0.29) is 21.7 Å². The first-order valence-electron chi connectivity index (χ1n) is 6.74. The highest BCUT2D eigenvalue weighted by Gasteiger charge is 2.19. The second-order valence-electron chi connectivity index (χ2n) is 4.87. The molecule has 1 N–H and O–H groups in total. The van der Waals surface area contributed by atoms with Crippen molar-refractivity contribution < 1.29 is 14.1 Å². The van der Waals surface area contributed by atoms with Crippen LogP contribution in [0.15, 0.2) is 57.7 Å². The summed E-state index contributed by atoms with van der Waals surface area (Å²) in [6, 6.07) is 12.1. The summed E-state index contributed by atoms with van der Waals surface area (Å²) in [4.78, 5) is 34.5. The number of rotatable bonds is 3. The first-order valence-corrected chi connectivity index (χ1v) is 7.11. The molecule has 0 saturated carbocycles. The number of nitrogens with one attached hydrogen (secondary N) is 1. The van der Waals surface area contributed by atoms with Crippen LogP contribution in [0.2, 0.25) is 5.02 Å². The van der Waals surface area contributed by atoms with E-state index in [0.29, 0.717) is 5.56 Å². The Kier molecular flexibility index (Phi) is 4.01. The Morgan fingerprint density at radius 1 is 1.17 bits per heavy atom. The summed E-state index contributed by atoms with van der Waals surface area (Å²) in [5.74, 6) is -0.501. The van der Waals surface area contributed by atoms with Gasteiger partial charge in [0.25, 0.3) is 5.91 Å². The van der Waals surface area contributed by atoms with Gasteiger partial charge in [-0.05, 0) is 24.3 Å². The van der Waals surface area contributed by atoms with Crippen molar-refractivity contribution in [2.24, 2.45) is 0 Å². The smallest absolute Gasteiger partial charge is 0.360 e. The maximum atomic E-state index is 12.1. The van der Waals surface area contributed by atoms with Crippen molar-refractivity contribution in [3.63, 3.8) is 0 Å². The third-order valence-electron chi connectivity index (χ3n) is 3.26. The van der Waals surface area contributed by atoms with E-state index in [9.17, 15) is 19.7 Å². The number of nitrogens with zero attached hydrogens (tertiary/aromatic N) is 1. The number of nitro groups is 1. The van der Waals surface area contributed by atoms with Crippen LogP contribution >= 0.6 is 11.6 Å². The van der Waals surface area contributed by atoms with E-state index in [4.69, 9.17) is 16.0 Å². The molecule has 0 aliphatic heterocycles. The number of hydrogen-bond acceptors (Lipinski definition) is 5. The van der Waals surface area contributed by atoms with Crippen molar-refractivity contribution in [3.05, 3.63) is 79.7 Å². The summed E-state index contributed by atoms with van der Waals surface area (Å²) in [5, 5.41) is 13.8. The molecule has 7 nitrogen and oxygen atoms in total. The van der Waals surface area contributed by atoms with E-state index in [1.807, 2.05) is 0 Å². The fourth-order valence-corrected chi connectivity index (χ4v) is 2.41. The fourth-order valence-electron chi connectivity index (χ4n) is 2.19. The van der Waals surface area contributed by atoms with E-state index in [1.54, 1.807) is 30.3 Å². The number of carbonyl (C=O) groups excluding carboxylic acids is 1. The van der Waals surface area contributed by atoms with Gasteiger partial charge < -0.3 is 9.73 Å². The Labute approximate surface area is 139 Å². The van der Waals surface area contributed by atoms with Gasteiger partial charge in [0.15, 0.2) is 0 Å². The van der Waals surface area contributed by atoms with E-state index >= 15 is 0 Å². The van der Waals surface area contributed by atoms with Gasteiger partial charge in [-0.2, -0.15) is 0 Å². The predicted molar refractivity (Wildman–Crippen MR) is 88.5 cm³/mol. The van der Waals surface area contributed by atoms with E-state index in [0.717, 1.165) is 6.07 Å². The molecule has 0 aliphatic carbocycles. The molecular weight excluding hydrogens is 336 g/mol. The SMILES string of the molecule is O=C(Nc1cc2cc(Cl)cc([N+](=O)[O-])c2oc1=O)c1ccccc1. The highest BCUT2D eigenvalue weighted by molar-refractivity contribution is 6.31. The van der Waals surface area contributed by atoms with Crippen molar-refractivity contribution in [2.75, 3.05) is 5.32 Å². The van der Waals surface area contributed by atoms with E-state index in [2.05, 4.69) is 5.32 Å². The van der Waals surface area contributed by atoms with Crippen LogP contribution in [0.3, 0.4) is 0 Å². The van der Waals surface area contributed by atoms with Crippen LogP contribution in [0.4, 0.5) is 11.4 Å². The van der Waals surface area contributed by atoms with Gasteiger partial charge in [0.2, 0.25) is 5.58 Å². The van der Waals surface area contributed by atoms with Crippen LogP contribution in [0.5, 0.6) is 0 Å². The van der Waals surface area contributed by atoms with Crippen molar-refractivity contribution in [3.8, 4) is 0 Å². The monoisotopic (exact) mass is 344 g/mol. The molecule has 24 heavy (non-hydrogen) atoms. The molecule has 3 aromatic rings.